The topological polar surface area (TPSA) is 72.0 Å². The van der Waals surface area contributed by atoms with Gasteiger partial charge in [0.2, 0.25) is 0 Å². The Hall–Kier alpha value is -2.47. The standard InChI is InChI=1S/C17H16N2O3S/c1-11(22-15(20)9-8-12-5-4-10-23-12)16-18-14-7-3-2-6-13(14)17(21)19-16/h2-7,10-11H,8-9H2,1H3,(H,18,19,21)/t11-/m1/s1. The van der Waals surface area contributed by atoms with E-state index in [1.165, 1.54) is 0 Å². The maximum atomic E-state index is 12.0. The smallest absolute Gasteiger partial charge is 0.306 e. The molecular formula is C17H16N2O3S. The molecule has 0 saturated heterocycles. The maximum absolute atomic E-state index is 12.0. The van der Waals surface area contributed by atoms with E-state index < -0.39 is 6.10 Å². The van der Waals surface area contributed by atoms with Crippen molar-refractivity contribution in [2.24, 2.45) is 0 Å². The number of nitrogens with zero attached hydrogens (tertiary/aromatic N) is 1. The molecule has 0 bridgehead atoms. The fourth-order valence-corrected chi connectivity index (χ4v) is 3.00. The summed E-state index contributed by atoms with van der Waals surface area (Å²) in [5, 5.41) is 2.50. The maximum Gasteiger partial charge on any atom is 0.306 e. The summed E-state index contributed by atoms with van der Waals surface area (Å²) in [6.45, 7) is 1.70. The molecule has 0 radical (unpaired) electrons. The van der Waals surface area contributed by atoms with E-state index >= 15 is 0 Å². The van der Waals surface area contributed by atoms with E-state index in [-0.39, 0.29) is 11.5 Å². The fraction of sp³-hybridized carbons (Fsp3) is 0.235. The van der Waals surface area contributed by atoms with Crippen LogP contribution in [-0.2, 0) is 16.0 Å². The summed E-state index contributed by atoms with van der Waals surface area (Å²) in [7, 11) is 0. The lowest BCUT2D eigenvalue weighted by atomic mass is 10.2. The van der Waals surface area contributed by atoms with Crippen molar-refractivity contribution in [3.63, 3.8) is 0 Å². The van der Waals surface area contributed by atoms with E-state index in [1.54, 1.807) is 36.5 Å². The van der Waals surface area contributed by atoms with E-state index in [9.17, 15) is 9.59 Å². The lowest BCUT2D eigenvalue weighted by Crippen LogP contribution is -2.17. The number of ether oxygens (including phenoxy) is 1. The first kappa shape index (κ1) is 15.4. The van der Waals surface area contributed by atoms with Gasteiger partial charge in [0.15, 0.2) is 11.9 Å². The van der Waals surface area contributed by atoms with Gasteiger partial charge in [0.05, 0.1) is 17.3 Å². The number of hydrogen-bond donors (Lipinski definition) is 1. The Kier molecular flexibility index (Phi) is 4.52. The van der Waals surface area contributed by atoms with Crippen molar-refractivity contribution >= 4 is 28.2 Å². The van der Waals surface area contributed by atoms with Gasteiger partial charge in [-0.25, -0.2) is 4.98 Å². The molecule has 0 aliphatic heterocycles. The average molecular weight is 328 g/mol. The molecule has 1 N–H and O–H groups in total. The quantitative estimate of drug-likeness (QED) is 0.730. The normalized spacial score (nSPS) is 12.2. The highest BCUT2D eigenvalue weighted by Crippen LogP contribution is 2.16. The molecule has 2 heterocycles. The summed E-state index contributed by atoms with van der Waals surface area (Å²) in [5.41, 5.74) is 0.361. The summed E-state index contributed by atoms with van der Waals surface area (Å²) >= 11 is 1.62. The minimum absolute atomic E-state index is 0.230. The fourth-order valence-electron chi connectivity index (χ4n) is 2.29. The Bertz CT molecular complexity index is 871. The van der Waals surface area contributed by atoms with Crippen LogP contribution in [0.2, 0.25) is 0 Å². The first-order chi connectivity index (χ1) is 11.1. The van der Waals surface area contributed by atoms with Gasteiger partial charge in [0.25, 0.3) is 5.56 Å². The number of H-pyrrole nitrogens is 1. The summed E-state index contributed by atoms with van der Waals surface area (Å²) in [5.74, 6) is 0.0554. The predicted molar refractivity (Wildman–Crippen MR) is 89.5 cm³/mol. The summed E-state index contributed by atoms with van der Waals surface area (Å²) in [6.07, 6.45) is 0.372. The molecule has 1 atom stereocenters. The number of carbonyl (C=O) groups excluding carboxylic acids is 1. The van der Waals surface area contributed by atoms with Gasteiger partial charge >= 0.3 is 5.97 Å². The Morgan fingerprint density at radius 2 is 2.13 bits per heavy atom. The molecule has 6 heteroatoms. The molecule has 3 aromatic rings. The second-order valence-corrected chi connectivity index (χ2v) is 6.21. The molecule has 0 spiro atoms. The second-order valence-electron chi connectivity index (χ2n) is 5.18. The molecule has 5 nitrogen and oxygen atoms in total. The van der Waals surface area contributed by atoms with Crippen molar-refractivity contribution < 1.29 is 9.53 Å². The molecule has 0 fully saturated rings. The minimum Gasteiger partial charge on any atom is -0.454 e. The van der Waals surface area contributed by atoms with Gasteiger partial charge in [0.1, 0.15) is 0 Å². The summed E-state index contributed by atoms with van der Waals surface area (Å²) in [4.78, 5) is 32.2. The number of esters is 1. The zero-order valence-electron chi connectivity index (χ0n) is 12.6. The van der Waals surface area contributed by atoms with Gasteiger partial charge in [-0.3, -0.25) is 9.59 Å². The highest BCUT2D eigenvalue weighted by molar-refractivity contribution is 7.09. The molecular weight excluding hydrogens is 312 g/mol. The largest absolute Gasteiger partial charge is 0.454 e. The molecule has 0 aliphatic carbocycles. The molecule has 2 aromatic heterocycles. The zero-order valence-corrected chi connectivity index (χ0v) is 13.4. The molecule has 0 aliphatic rings. The molecule has 1 aromatic carbocycles. The minimum atomic E-state index is -0.594. The van der Waals surface area contributed by atoms with Crippen molar-refractivity contribution in [3.8, 4) is 0 Å². The van der Waals surface area contributed by atoms with Gasteiger partial charge in [-0.05, 0) is 36.9 Å². The van der Waals surface area contributed by atoms with E-state index in [1.807, 2.05) is 23.6 Å². The monoisotopic (exact) mass is 328 g/mol. The van der Waals surface area contributed by atoms with E-state index in [2.05, 4.69) is 9.97 Å². The van der Waals surface area contributed by atoms with Gasteiger partial charge < -0.3 is 9.72 Å². The first-order valence-electron chi connectivity index (χ1n) is 7.34. The van der Waals surface area contributed by atoms with Gasteiger partial charge in [0, 0.05) is 4.88 Å². The highest BCUT2D eigenvalue weighted by atomic mass is 32.1. The van der Waals surface area contributed by atoms with Crippen LogP contribution in [0.5, 0.6) is 0 Å². The molecule has 0 unspecified atom stereocenters. The van der Waals surface area contributed by atoms with Crippen LogP contribution in [0.15, 0.2) is 46.6 Å². The number of benzene rings is 1. The Labute approximate surface area is 137 Å². The molecule has 3 rings (SSSR count). The van der Waals surface area contributed by atoms with Crippen LogP contribution in [0.25, 0.3) is 10.9 Å². The van der Waals surface area contributed by atoms with Crippen LogP contribution in [0, 0.1) is 0 Å². The van der Waals surface area contributed by atoms with Gasteiger partial charge in [-0.2, -0.15) is 0 Å². The number of carbonyl (C=O) groups is 1. The third kappa shape index (κ3) is 3.65. The predicted octanol–water partition coefficient (Wildman–Crippen LogP) is 3.22. The van der Waals surface area contributed by atoms with E-state index in [0.717, 1.165) is 4.88 Å². The van der Waals surface area contributed by atoms with Crippen LogP contribution in [0.3, 0.4) is 0 Å². The lowest BCUT2D eigenvalue weighted by Gasteiger charge is -2.13. The van der Waals surface area contributed by atoms with Crippen molar-refractivity contribution in [1.29, 1.82) is 0 Å². The van der Waals surface area contributed by atoms with Crippen LogP contribution in [0.1, 0.15) is 30.2 Å². The highest BCUT2D eigenvalue weighted by Gasteiger charge is 2.15. The van der Waals surface area contributed by atoms with Crippen molar-refractivity contribution in [3.05, 3.63) is 62.8 Å². The SMILES string of the molecule is C[C@@H](OC(=O)CCc1cccs1)c1nc2ccccc2c(=O)[nH]1. The summed E-state index contributed by atoms with van der Waals surface area (Å²) in [6, 6.07) is 11.0. The first-order valence-corrected chi connectivity index (χ1v) is 8.22. The number of fused-ring (bicyclic) bond motifs is 1. The Balaban J connectivity index is 1.69. The summed E-state index contributed by atoms with van der Waals surface area (Å²) < 4.78 is 5.37. The number of thiophene rings is 1. The third-order valence-electron chi connectivity index (χ3n) is 3.48. The van der Waals surface area contributed by atoms with Crippen molar-refractivity contribution in [1.82, 2.24) is 9.97 Å². The molecule has 0 amide bonds. The van der Waals surface area contributed by atoms with Crippen LogP contribution < -0.4 is 5.56 Å². The van der Waals surface area contributed by atoms with E-state index in [0.29, 0.717) is 29.6 Å². The lowest BCUT2D eigenvalue weighted by molar-refractivity contribution is -0.148. The zero-order chi connectivity index (χ0) is 16.2. The van der Waals surface area contributed by atoms with Crippen LogP contribution >= 0.6 is 11.3 Å². The van der Waals surface area contributed by atoms with Crippen LogP contribution in [0.4, 0.5) is 0 Å². The number of hydrogen-bond acceptors (Lipinski definition) is 5. The number of aryl methyl sites for hydroxylation is 1. The number of rotatable bonds is 5. The van der Waals surface area contributed by atoms with Gasteiger partial charge in [-0.15, -0.1) is 11.3 Å². The third-order valence-corrected chi connectivity index (χ3v) is 4.42. The molecule has 0 saturated carbocycles. The number of aromatic nitrogens is 2. The molecule has 118 valence electrons. The number of para-hydroxylation sites is 1. The number of aromatic amines is 1. The molecule has 23 heavy (non-hydrogen) atoms. The second kappa shape index (κ2) is 6.75. The van der Waals surface area contributed by atoms with Gasteiger partial charge in [-0.1, -0.05) is 18.2 Å². The Morgan fingerprint density at radius 1 is 1.30 bits per heavy atom. The van der Waals surface area contributed by atoms with Crippen molar-refractivity contribution in [2.75, 3.05) is 0 Å². The van der Waals surface area contributed by atoms with Crippen molar-refractivity contribution in [2.45, 2.75) is 25.9 Å². The number of nitrogens with one attached hydrogen (secondary N) is 1. The van der Waals surface area contributed by atoms with Crippen LogP contribution in [-0.4, -0.2) is 15.9 Å². The average Bonchev–Trinajstić information content (AvgIpc) is 3.06. The Morgan fingerprint density at radius 3 is 2.91 bits per heavy atom. The van der Waals surface area contributed by atoms with E-state index in [4.69, 9.17) is 4.74 Å².